The summed E-state index contributed by atoms with van der Waals surface area (Å²) in [4.78, 5) is 15.8. The predicted octanol–water partition coefficient (Wildman–Crippen LogP) is 2.60. The normalized spacial score (nSPS) is 12.3. The maximum atomic E-state index is 11.8. The minimum absolute atomic E-state index is 0.184. The van der Waals surface area contributed by atoms with Gasteiger partial charge in [-0.25, -0.2) is 4.98 Å². The van der Waals surface area contributed by atoms with E-state index in [1.807, 2.05) is 6.07 Å². The Hall–Kier alpha value is -2.61. The molecular weight excluding hydrogens is 290 g/mol. The van der Waals surface area contributed by atoms with Crippen molar-refractivity contribution in [3.05, 3.63) is 47.4 Å². The summed E-state index contributed by atoms with van der Waals surface area (Å²) in [6.45, 7) is 1.73. The van der Waals surface area contributed by atoms with E-state index in [0.717, 1.165) is 11.5 Å². The molecule has 0 spiro atoms. The van der Waals surface area contributed by atoms with Gasteiger partial charge in [-0.05, 0) is 6.92 Å². The SMILES string of the molecule is CNC(=O)/C(N=Nc1nc(C)ns1)=C(\O)c1ccccc1. The standard InChI is InChI=1S/C13H13N5O2S/c1-8-15-13(21-18-8)17-16-10(12(20)14-2)11(19)9-6-4-3-5-7-9/h3-7,19H,1-2H3,(H,14,20)/b11-10+,17-16?. The number of aryl methyl sites for hydroxylation is 1. The zero-order chi connectivity index (χ0) is 15.2. The first-order chi connectivity index (χ1) is 10.1. The van der Waals surface area contributed by atoms with Crippen molar-refractivity contribution in [2.45, 2.75) is 6.92 Å². The molecular formula is C13H13N5O2S. The molecule has 0 aliphatic rings. The molecule has 0 aliphatic carbocycles. The maximum absolute atomic E-state index is 11.8. The van der Waals surface area contributed by atoms with E-state index in [-0.39, 0.29) is 11.5 Å². The van der Waals surface area contributed by atoms with Crippen LogP contribution in [0.5, 0.6) is 0 Å². The first-order valence-corrected chi connectivity index (χ1v) is 6.82. The molecule has 0 aliphatic heterocycles. The number of benzene rings is 1. The van der Waals surface area contributed by atoms with Crippen LogP contribution in [0, 0.1) is 6.92 Å². The summed E-state index contributed by atoms with van der Waals surface area (Å²) < 4.78 is 3.96. The van der Waals surface area contributed by atoms with Gasteiger partial charge in [-0.1, -0.05) is 30.3 Å². The number of carbonyl (C=O) groups is 1. The molecule has 0 saturated carbocycles. The van der Waals surface area contributed by atoms with E-state index in [2.05, 4.69) is 24.9 Å². The highest BCUT2D eigenvalue weighted by Gasteiger charge is 2.15. The molecule has 8 heteroatoms. The van der Waals surface area contributed by atoms with Gasteiger partial charge in [0.15, 0.2) is 11.5 Å². The minimum Gasteiger partial charge on any atom is -0.505 e. The zero-order valence-corrected chi connectivity index (χ0v) is 12.3. The number of likely N-dealkylation sites (N-methyl/N-ethyl adjacent to an activating group) is 1. The van der Waals surface area contributed by atoms with Crippen molar-refractivity contribution in [2.75, 3.05) is 7.05 Å². The Labute approximate surface area is 125 Å². The highest BCUT2D eigenvalue weighted by Crippen LogP contribution is 2.20. The van der Waals surface area contributed by atoms with Crippen molar-refractivity contribution in [1.82, 2.24) is 14.7 Å². The van der Waals surface area contributed by atoms with E-state index >= 15 is 0 Å². The van der Waals surface area contributed by atoms with Gasteiger partial charge in [0.25, 0.3) is 5.91 Å². The van der Waals surface area contributed by atoms with E-state index < -0.39 is 5.91 Å². The second kappa shape index (κ2) is 6.71. The Morgan fingerprint density at radius 3 is 2.62 bits per heavy atom. The number of nitrogens with zero attached hydrogens (tertiary/aromatic N) is 4. The lowest BCUT2D eigenvalue weighted by Gasteiger charge is -2.04. The largest absolute Gasteiger partial charge is 0.505 e. The summed E-state index contributed by atoms with van der Waals surface area (Å²) in [7, 11) is 1.45. The summed E-state index contributed by atoms with van der Waals surface area (Å²) >= 11 is 1.06. The summed E-state index contributed by atoms with van der Waals surface area (Å²) in [6, 6.07) is 8.64. The molecule has 108 valence electrons. The number of aliphatic hydroxyl groups is 1. The van der Waals surface area contributed by atoms with Crippen LogP contribution in [-0.4, -0.2) is 27.4 Å². The highest BCUT2D eigenvalue weighted by molar-refractivity contribution is 7.09. The van der Waals surface area contributed by atoms with Crippen LogP contribution in [0.3, 0.4) is 0 Å². The number of hydrogen-bond donors (Lipinski definition) is 2. The van der Waals surface area contributed by atoms with Gasteiger partial charge >= 0.3 is 0 Å². The molecule has 21 heavy (non-hydrogen) atoms. The van der Waals surface area contributed by atoms with Crippen LogP contribution >= 0.6 is 11.5 Å². The van der Waals surface area contributed by atoms with Crippen molar-refractivity contribution >= 4 is 28.3 Å². The Morgan fingerprint density at radius 2 is 2.05 bits per heavy atom. The molecule has 0 bridgehead atoms. The van der Waals surface area contributed by atoms with E-state index in [1.165, 1.54) is 7.05 Å². The molecule has 0 atom stereocenters. The lowest BCUT2D eigenvalue weighted by Crippen LogP contribution is -2.20. The van der Waals surface area contributed by atoms with Gasteiger partial charge in [-0.3, -0.25) is 4.79 Å². The first-order valence-electron chi connectivity index (χ1n) is 6.04. The summed E-state index contributed by atoms with van der Waals surface area (Å²) in [6.07, 6.45) is 0. The summed E-state index contributed by atoms with van der Waals surface area (Å²) in [5.74, 6) is -0.215. The number of aromatic nitrogens is 2. The van der Waals surface area contributed by atoms with Crippen LogP contribution in [0.15, 0.2) is 46.3 Å². The molecule has 2 rings (SSSR count). The topological polar surface area (TPSA) is 99.8 Å². The molecule has 1 aromatic heterocycles. The van der Waals surface area contributed by atoms with Crippen LogP contribution in [0.1, 0.15) is 11.4 Å². The Bertz CT molecular complexity index is 694. The van der Waals surface area contributed by atoms with Crippen LogP contribution in [0.4, 0.5) is 5.13 Å². The van der Waals surface area contributed by atoms with Gasteiger partial charge < -0.3 is 10.4 Å². The third kappa shape index (κ3) is 3.69. The number of aliphatic hydroxyl groups excluding tert-OH is 1. The number of azo groups is 1. The van der Waals surface area contributed by atoms with Gasteiger partial charge in [0, 0.05) is 24.1 Å². The van der Waals surface area contributed by atoms with Crippen molar-refractivity contribution < 1.29 is 9.90 Å². The number of hydrogen-bond acceptors (Lipinski definition) is 7. The van der Waals surface area contributed by atoms with Crippen molar-refractivity contribution in [1.29, 1.82) is 0 Å². The lowest BCUT2D eigenvalue weighted by molar-refractivity contribution is -0.117. The molecule has 1 amide bonds. The molecule has 7 nitrogen and oxygen atoms in total. The summed E-state index contributed by atoms with van der Waals surface area (Å²) in [5.41, 5.74) is 0.292. The Morgan fingerprint density at radius 1 is 1.33 bits per heavy atom. The Kier molecular flexibility index (Phi) is 4.72. The molecule has 0 unspecified atom stereocenters. The monoisotopic (exact) mass is 303 g/mol. The van der Waals surface area contributed by atoms with Crippen LogP contribution in [0.2, 0.25) is 0 Å². The molecule has 1 aromatic carbocycles. The van der Waals surface area contributed by atoms with E-state index in [0.29, 0.717) is 16.5 Å². The van der Waals surface area contributed by atoms with Crippen molar-refractivity contribution in [2.24, 2.45) is 10.2 Å². The molecule has 0 fully saturated rings. The predicted molar refractivity (Wildman–Crippen MR) is 79.2 cm³/mol. The fourth-order valence-corrected chi connectivity index (χ4v) is 1.98. The van der Waals surface area contributed by atoms with Gasteiger partial charge in [0.2, 0.25) is 5.13 Å². The number of nitrogens with one attached hydrogen (secondary N) is 1. The van der Waals surface area contributed by atoms with Crippen LogP contribution in [-0.2, 0) is 4.79 Å². The second-order valence-electron chi connectivity index (χ2n) is 3.97. The van der Waals surface area contributed by atoms with Crippen LogP contribution in [0.25, 0.3) is 5.76 Å². The third-order valence-corrected chi connectivity index (χ3v) is 3.16. The summed E-state index contributed by atoms with van der Waals surface area (Å²) in [5, 5.41) is 20.6. The zero-order valence-electron chi connectivity index (χ0n) is 11.4. The van der Waals surface area contributed by atoms with E-state index in [1.54, 1.807) is 31.2 Å². The molecule has 0 radical (unpaired) electrons. The number of amides is 1. The second-order valence-corrected chi connectivity index (χ2v) is 4.70. The number of carbonyl (C=O) groups excluding carboxylic acids is 1. The van der Waals surface area contributed by atoms with E-state index in [9.17, 15) is 9.90 Å². The lowest BCUT2D eigenvalue weighted by atomic mass is 10.1. The highest BCUT2D eigenvalue weighted by atomic mass is 32.1. The molecule has 1 heterocycles. The van der Waals surface area contributed by atoms with Crippen molar-refractivity contribution in [3.63, 3.8) is 0 Å². The average Bonchev–Trinajstić information content (AvgIpc) is 2.93. The van der Waals surface area contributed by atoms with Gasteiger partial charge in [0.05, 0.1) is 0 Å². The average molecular weight is 303 g/mol. The van der Waals surface area contributed by atoms with Gasteiger partial charge in [0.1, 0.15) is 5.82 Å². The molecule has 0 saturated heterocycles. The Balaban J connectivity index is 2.39. The smallest absolute Gasteiger partial charge is 0.275 e. The minimum atomic E-state index is -0.540. The van der Waals surface area contributed by atoms with Gasteiger partial charge in [-0.2, -0.15) is 4.37 Å². The fraction of sp³-hybridized carbons (Fsp3) is 0.154. The molecule has 2 N–H and O–H groups in total. The van der Waals surface area contributed by atoms with E-state index in [4.69, 9.17) is 0 Å². The van der Waals surface area contributed by atoms with Gasteiger partial charge in [-0.15, -0.1) is 10.2 Å². The fourth-order valence-electron chi connectivity index (χ4n) is 1.47. The number of rotatable bonds is 4. The van der Waals surface area contributed by atoms with Crippen LogP contribution < -0.4 is 5.32 Å². The molecule has 2 aromatic rings. The quantitative estimate of drug-likeness (QED) is 0.515. The van der Waals surface area contributed by atoms with Crippen molar-refractivity contribution in [3.8, 4) is 0 Å². The maximum Gasteiger partial charge on any atom is 0.275 e. The third-order valence-electron chi connectivity index (χ3n) is 2.47. The first kappa shape index (κ1) is 14.8.